The molecule has 0 spiro atoms. The lowest BCUT2D eigenvalue weighted by Gasteiger charge is -2.36. The van der Waals surface area contributed by atoms with Crippen molar-refractivity contribution in [1.29, 1.82) is 0 Å². The van der Waals surface area contributed by atoms with Crippen LogP contribution in [0, 0.1) is 0 Å². The molecule has 33 heavy (non-hydrogen) atoms. The Hall–Kier alpha value is -3.75. The molecule has 3 heterocycles. The number of nitrogens with zero attached hydrogens (tertiary/aromatic N) is 5. The molecule has 9 nitrogen and oxygen atoms in total. The summed E-state index contributed by atoms with van der Waals surface area (Å²) in [5.74, 6) is 0.00226. The van der Waals surface area contributed by atoms with Crippen molar-refractivity contribution in [2.75, 3.05) is 42.9 Å². The molecule has 4 rings (SSSR count). The molecule has 172 valence electrons. The van der Waals surface area contributed by atoms with Crippen LogP contribution >= 0.6 is 0 Å². The van der Waals surface area contributed by atoms with Crippen LogP contribution < -0.4 is 10.2 Å². The maximum Gasteiger partial charge on any atom is 0.277 e. The van der Waals surface area contributed by atoms with Crippen LogP contribution in [0.3, 0.4) is 0 Å². The van der Waals surface area contributed by atoms with Gasteiger partial charge in [0.25, 0.3) is 11.8 Å². The number of benzene rings is 1. The minimum Gasteiger partial charge on any atom is -0.363 e. The summed E-state index contributed by atoms with van der Waals surface area (Å²) >= 11 is 0. The summed E-state index contributed by atoms with van der Waals surface area (Å²) < 4.78 is 0. The Balaban J connectivity index is 1.62. The van der Waals surface area contributed by atoms with E-state index in [1.165, 1.54) is 11.8 Å². The van der Waals surface area contributed by atoms with E-state index in [4.69, 9.17) is 0 Å². The van der Waals surface area contributed by atoms with Crippen LogP contribution in [0.25, 0.3) is 5.57 Å². The van der Waals surface area contributed by atoms with E-state index in [1.807, 2.05) is 11.8 Å². The van der Waals surface area contributed by atoms with Crippen LogP contribution in [0.4, 0.5) is 11.6 Å². The number of rotatable bonds is 7. The molecule has 2 aromatic rings. The zero-order valence-electron chi connectivity index (χ0n) is 19.0. The van der Waals surface area contributed by atoms with Crippen LogP contribution in [0.1, 0.15) is 32.3 Å². The molecular formula is C24H28N6O3. The van der Waals surface area contributed by atoms with E-state index in [1.54, 1.807) is 42.7 Å². The Morgan fingerprint density at radius 2 is 1.61 bits per heavy atom. The Kier molecular flexibility index (Phi) is 6.67. The summed E-state index contributed by atoms with van der Waals surface area (Å²) in [6.07, 6.45) is 5.08. The summed E-state index contributed by atoms with van der Waals surface area (Å²) in [5, 5.41) is 2.73. The van der Waals surface area contributed by atoms with E-state index >= 15 is 0 Å². The second-order valence-electron chi connectivity index (χ2n) is 8.12. The summed E-state index contributed by atoms with van der Waals surface area (Å²) in [6, 6.07) is 8.84. The Morgan fingerprint density at radius 1 is 0.970 bits per heavy atom. The fraction of sp³-hybridized carbons (Fsp3) is 0.375. The minimum atomic E-state index is -0.260. The van der Waals surface area contributed by atoms with Crippen molar-refractivity contribution in [3.63, 3.8) is 0 Å². The first-order valence-corrected chi connectivity index (χ1v) is 11.2. The zero-order valence-corrected chi connectivity index (χ0v) is 19.0. The van der Waals surface area contributed by atoms with E-state index in [-0.39, 0.29) is 17.7 Å². The van der Waals surface area contributed by atoms with Crippen molar-refractivity contribution < 1.29 is 14.4 Å². The monoisotopic (exact) mass is 448 g/mol. The average molecular weight is 449 g/mol. The van der Waals surface area contributed by atoms with E-state index in [9.17, 15) is 14.4 Å². The van der Waals surface area contributed by atoms with Crippen LogP contribution in [0.5, 0.6) is 0 Å². The highest BCUT2D eigenvalue weighted by atomic mass is 16.2. The number of carbonyl (C=O) groups is 3. The first kappa shape index (κ1) is 22.4. The first-order chi connectivity index (χ1) is 16.0. The van der Waals surface area contributed by atoms with Gasteiger partial charge in [-0.15, -0.1) is 0 Å². The van der Waals surface area contributed by atoms with Crippen LogP contribution in [0.2, 0.25) is 0 Å². The maximum atomic E-state index is 13.4. The standard InChI is InChI=1S/C24H28N6O3/c1-3-4-12-30-22(32)20(18-6-8-19(9-7-18)27-17(2)31)21(23(30)33)28-13-15-29(16-14-28)24-25-10-5-11-26-24/h5-11H,3-4,12-16H2,1-2H3,(H,27,31). The first-order valence-electron chi connectivity index (χ1n) is 11.2. The molecule has 1 aromatic carbocycles. The van der Waals surface area contributed by atoms with Gasteiger partial charge in [0.1, 0.15) is 5.70 Å². The van der Waals surface area contributed by atoms with Gasteiger partial charge in [-0.3, -0.25) is 19.3 Å². The fourth-order valence-electron chi connectivity index (χ4n) is 4.14. The molecule has 2 aliphatic rings. The molecule has 3 amide bonds. The van der Waals surface area contributed by atoms with E-state index in [2.05, 4.69) is 20.2 Å². The number of piperazine rings is 1. The largest absolute Gasteiger partial charge is 0.363 e. The number of amides is 3. The number of imide groups is 1. The summed E-state index contributed by atoms with van der Waals surface area (Å²) in [6.45, 7) is 6.36. The van der Waals surface area contributed by atoms with Crippen LogP contribution in [-0.4, -0.2) is 70.2 Å². The van der Waals surface area contributed by atoms with Gasteiger partial charge < -0.3 is 15.1 Å². The van der Waals surface area contributed by atoms with Gasteiger partial charge >= 0.3 is 0 Å². The van der Waals surface area contributed by atoms with Crippen molar-refractivity contribution in [2.24, 2.45) is 0 Å². The zero-order chi connectivity index (χ0) is 23.4. The lowest BCUT2D eigenvalue weighted by atomic mass is 10.0. The van der Waals surface area contributed by atoms with Crippen molar-refractivity contribution in [3.8, 4) is 0 Å². The summed E-state index contributed by atoms with van der Waals surface area (Å²) in [7, 11) is 0. The van der Waals surface area contributed by atoms with Gasteiger partial charge in [-0.25, -0.2) is 9.97 Å². The molecule has 0 atom stereocenters. The smallest absolute Gasteiger partial charge is 0.277 e. The number of hydrogen-bond acceptors (Lipinski definition) is 7. The van der Waals surface area contributed by atoms with Gasteiger partial charge in [0.15, 0.2) is 0 Å². The Bertz CT molecular complexity index is 1060. The lowest BCUT2D eigenvalue weighted by molar-refractivity contribution is -0.137. The van der Waals surface area contributed by atoms with E-state index in [0.29, 0.717) is 61.2 Å². The average Bonchev–Trinajstić information content (AvgIpc) is 3.08. The second kappa shape index (κ2) is 9.81. The van der Waals surface area contributed by atoms with Crippen molar-refractivity contribution in [2.45, 2.75) is 26.7 Å². The third-order valence-corrected chi connectivity index (χ3v) is 5.80. The van der Waals surface area contributed by atoms with Gasteiger partial charge in [-0.1, -0.05) is 25.5 Å². The molecule has 0 saturated carbocycles. The highest BCUT2D eigenvalue weighted by Gasteiger charge is 2.41. The molecule has 1 aromatic heterocycles. The SMILES string of the molecule is CCCCN1C(=O)C(c2ccc(NC(C)=O)cc2)=C(N2CCN(c3ncccn3)CC2)C1=O. The molecule has 0 radical (unpaired) electrons. The summed E-state index contributed by atoms with van der Waals surface area (Å²) in [4.78, 5) is 52.1. The number of aromatic nitrogens is 2. The number of nitrogens with one attached hydrogen (secondary N) is 1. The molecule has 0 unspecified atom stereocenters. The van der Waals surface area contributed by atoms with E-state index in [0.717, 1.165) is 12.8 Å². The quantitative estimate of drug-likeness (QED) is 0.648. The second-order valence-corrected chi connectivity index (χ2v) is 8.12. The van der Waals surface area contributed by atoms with Gasteiger partial charge in [0, 0.05) is 57.7 Å². The predicted octanol–water partition coefficient (Wildman–Crippen LogP) is 2.14. The molecule has 0 aliphatic carbocycles. The van der Waals surface area contributed by atoms with Crippen molar-refractivity contribution in [1.82, 2.24) is 19.8 Å². The predicted molar refractivity (Wildman–Crippen MR) is 125 cm³/mol. The number of anilines is 2. The Labute approximate surface area is 193 Å². The third-order valence-electron chi connectivity index (χ3n) is 5.80. The van der Waals surface area contributed by atoms with E-state index < -0.39 is 0 Å². The maximum absolute atomic E-state index is 13.4. The number of carbonyl (C=O) groups excluding carboxylic acids is 3. The van der Waals surface area contributed by atoms with Gasteiger partial charge in [-0.05, 0) is 30.2 Å². The molecule has 1 saturated heterocycles. The molecule has 9 heteroatoms. The van der Waals surface area contributed by atoms with Crippen molar-refractivity contribution in [3.05, 3.63) is 54.0 Å². The fourth-order valence-corrected chi connectivity index (χ4v) is 4.14. The highest BCUT2D eigenvalue weighted by Crippen LogP contribution is 2.33. The minimum absolute atomic E-state index is 0.166. The number of unbranched alkanes of at least 4 members (excludes halogenated alkanes) is 1. The number of hydrogen-bond donors (Lipinski definition) is 1. The third kappa shape index (κ3) is 4.72. The van der Waals surface area contributed by atoms with Gasteiger partial charge in [0.05, 0.1) is 5.57 Å². The van der Waals surface area contributed by atoms with Gasteiger partial charge in [0.2, 0.25) is 11.9 Å². The molecule has 0 bridgehead atoms. The molecular weight excluding hydrogens is 420 g/mol. The topological polar surface area (TPSA) is 98.7 Å². The van der Waals surface area contributed by atoms with Crippen LogP contribution in [0.15, 0.2) is 48.4 Å². The highest BCUT2D eigenvalue weighted by molar-refractivity contribution is 6.35. The molecule has 1 fully saturated rings. The van der Waals surface area contributed by atoms with Crippen molar-refractivity contribution >= 4 is 34.9 Å². The molecule has 1 N–H and O–H groups in total. The normalized spacial score (nSPS) is 16.6. The Morgan fingerprint density at radius 3 is 2.21 bits per heavy atom. The lowest BCUT2D eigenvalue weighted by Crippen LogP contribution is -2.48. The summed E-state index contributed by atoms with van der Waals surface area (Å²) in [5.41, 5.74) is 2.20. The molecule has 2 aliphatic heterocycles. The van der Waals surface area contributed by atoms with Crippen LogP contribution in [-0.2, 0) is 14.4 Å². The van der Waals surface area contributed by atoms with Gasteiger partial charge in [-0.2, -0.15) is 0 Å².